The van der Waals surface area contributed by atoms with E-state index in [9.17, 15) is 4.79 Å². The number of pyridine rings is 1. The Morgan fingerprint density at radius 1 is 1.00 bits per heavy atom. The standard InChI is InChI=1S/C25H23N3O4/c1-3-30-20-11-7-8-12-21(20)31-22-14-13-18(15-26-22)16-27-25(29)23-17(2)32-28-24(23)19-9-5-4-6-10-19/h4-15H,3,16H2,1-2H3,(H,27,29). The third-order valence-electron chi connectivity index (χ3n) is 4.75. The molecule has 0 aliphatic carbocycles. The van der Waals surface area contributed by atoms with Gasteiger partial charge < -0.3 is 19.3 Å². The van der Waals surface area contributed by atoms with Gasteiger partial charge in [-0.05, 0) is 31.5 Å². The van der Waals surface area contributed by atoms with Gasteiger partial charge in [0.1, 0.15) is 17.0 Å². The van der Waals surface area contributed by atoms with Gasteiger partial charge >= 0.3 is 0 Å². The largest absolute Gasteiger partial charge is 0.490 e. The molecule has 0 radical (unpaired) electrons. The normalized spacial score (nSPS) is 10.6. The van der Waals surface area contributed by atoms with Crippen LogP contribution in [-0.2, 0) is 6.54 Å². The van der Waals surface area contributed by atoms with Crippen molar-refractivity contribution in [3.05, 3.63) is 89.8 Å². The van der Waals surface area contributed by atoms with E-state index in [1.54, 1.807) is 19.2 Å². The van der Waals surface area contributed by atoms with Crippen LogP contribution >= 0.6 is 0 Å². The maximum absolute atomic E-state index is 12.8. The zero-order valence-electron chi connectivity index (χ0n) is 17.9. The molecule has 7 nitrogen and oxygen atoms in total. The fourth-order valence-electron chi connectivity index (χ4n) is 3.20. The SMILES string of the molecule is CCOc1ccccc1Oc1ccc(CNC(=O)c2c(-c3ccccc3)noc2C)cn1. The van der Waals surface area contributed by atoms with Crippen LogP contribution in [0.3, 0.4) is 0 Å². The number of amides is 1. The Hall–Kier alpha value is -4.13. The van der Waals surface area contributed by atoms with E-state index in [0.29, 0.717) is 47.5 Å². The molecule has 2 heterocycles. The Labute approximate surface area is 186 Å². The van der Waals surface area contributed by atoms with Crippen molar-refractivity contribution in [2.75, 3.05) is 6.61 Å². The smallest absolute Gasteiger partial charge is 0.257 e. The van der Waals surface area contributed by atoms with Gasteiger partial charge in [-0.3, -0.25) is 4.79 Å². The molecule has 1 N–H and O–H groups in total. The Kier molecular flexibility index (Phi) is 6.46. The van der Waals surface area contributed by atoms with E-state index in [-0.39, 0.29) is 5.91 Å². The molecule has 0 spiro atoms. The van der Waals surface area contributed by atoms with Gasteiger partial charge in [0.25, 0.3) is 5.91 Å². The maximum Gasteiger partial charge on any atom is 0.257 e. The number of hydrogen-bond acceptors (Lipinski definition) is 6. The molecule has 0 fully saturated rings. The Morgan fingerprint density at radius 3 is 2.47 bits per heavy atom. The van der Waals surface area contributed by atoms with Gasteiger partial charge in [0.2, 0.25) is 5.88 Å². The highest BCUT2D eigenvalue weighted by atomic mass is 16.5. The number of aryl methyl sites for hydroxylation is 1. The lowest BCUT2D eigenvalue weighted by atomic mass is 10.1. The lowest BCUT2D eigenvalue weighted by molar-refractivity contribution is 0.0950. The topological polar surface area (TPSA) is 86.5 Å². The fourth-order valence-corrected chi connectivity index (χ4v) is 3.20. The Balaban J connectivity index is 1.41. The minimum atomic E-state index is -0.256. The van der Waals surface area contributed by atoms with Gasteiger partial charge in [0, 0.05) is 24.4 Å². The Morgan fingerprint density at radius 2 is 1.75 bits per heavy atom. The summed E-state index contributed by atoms with van der Waals surface area (Å²) in [5.41, 5.74) is 2.61. The first-order valence-electron chi connectivity index (χ1n) is 10.3. The van der Waals surface area contributed by atoms with Crippen LogP contribution in [0.2, 0.25) is 0 Å². The molecule has 0 saturated heterocycles. The van der Waals surface area contributed by atoms with E-state index in [0.717, 1.165) is 11.1 Å². The molecule has 0 atom stereocenters. The van der Waals surface area contributed by atoms with Crippen molar-refractivity contribution in [3.8, 4) is 28.6 Å². The summed E-state index contributed by atoms with van der Waals surface area (Å²) in [7, 11) is 0. The number of rotatable bonds is 8. The van der Waals surface area contributed by atoms with Gasteiger partial charge in [-0.25, -0.2) is 4.98 Å². The number of ether oxygens (including phenoxy) is 2. The molecule has 32 heavy (non-hydrogen) atoms. The number of para-hydroxylation sites is 2. The molecular formula is C25H23N3O4. The van der Waals surface area contributed by atoms with Crippen LogP contribution in [0.1, 0.15) is 28.6 Å². The highest BCUT2D eigenvalue weighted by molar-refractivity contribution is 6.00. The monoisotopic (exact) mass is 429 g/mol. The van der Waals surface area contributed by atoms with Gasteiger partial charge in [-0.1, -0.05) is 53.7 Å². The minimum Gasteiger partial charge on any atom is -0.490 e. The molecule has 0 unspecified atom stereocenters. The summed E-state index contributed by atoms with van der Waals surface area (Å²) >= 11 is 0. The highest BCUT2D eigenvalue weighted by Gasteiger charge is 2.21. The molecular weight excluding hydrogens is 406 g/mol. The third-order valence-corrected chi connectivity index (χ3v) is 4.75. The summed E-state index contributed by atoms with van der Waals surface area (Å²) in [6.45, 7) is 4.49. The Bertz CT molecular complexity index is 1190. The summed E-state index contributed by atoms with van der Waals surface area (Å²) in [5, 5.41) is 6.97. The van der Waals surface area contributed by atoms with Crippen molar-refractivity contribution in [2.45, 2.75) is 20.4 Å². The number of carbonyl (C=O) groups is 1. The molecule has 0 aliphatic heterocycles. The zero-order chi connectivity index (χ0) is 22.3. The second-order valence-corrected chi connectivity index (χ2v) is 7.00. The van der Waals surface area contributed by atoms with Crippen molar-refractivity contribution in [3.63, 3.8) is 0 Å². The van der Waals surface area contributed by atoms with Crippen molar-refractivity contribution in [2.24, 2.45) is 0 Å². The number of carbonyl (C=O) groups excluding carboxylic acids is 1. The van der Waals surface area contributed by atoms with Crippen LogP contribution in [0.25, 0.3) is 11.3 Å². The van der Waals surface area contributed by atoms with E-state index < -0.39 is 0 Å². The van der Waals surface area contributed by atoms with Gasteiger partial charge in [0.05, 0.1) is 6.61 Å². The fraction of sp³-hybridized carbons (Fsp3) is 0.160. The number of hydrogen-bond donors (Lipinski definition) is 1. The van der Waals surface area contributed by atoms with Crippen molar-refractivity contribution >= 4 is 5.91 Å². The molecule has 7 heteroatoms. The summed E-state index contributed by atoms with van der Waals surface area (Å²) in [6, 6.07) is 20.5. The molecule has 1 amide bonds. The van der Waals surface area contributed by atoms with Crippen molar-refractivity contribution in [1.29, 1.82) is 0 Å². The first kappa shape index (κ1) is 21.1. The van der Waals surface area contributed by atoms with E-state index in [2.05, 4.69) is 15.5 Å². The van der Waals surface area contributed by atoms with Gasteiger partial charge in [-0.2, -0.15) is 0 Å². The first-order chi connectivity index (χ1) is 15.7. The number of benzene rings is 2. The summed E-state index contributed by atoms with van der Waals surface area (Å²) in [6.07, 6.45) is 1.66. The molecule has 2 aromatic heterocycles. The van der Waals surface area contributed by atoms with Crippen LogP contribution in [0.15, 0.2) is 77.4 Å². The number of nitrogens with one attached hydrogen (secondary N) is 1. The average Bonchev–Trinajstić information content (AvgIpc) is 3.22. The molecule has 0 saturated carbocycles. The average molecular weight is 429 g/mol. The first-order valence-corrected chi connectivity index (χ1v) is 10.3. The molecule has 0 bridgehead atoms. The lowest BCUT2D eigenvalue weighted by Gasteiger charge is -2.11. The van der Waals surface area contributed by atoms with Crippen LogP contribution in [0.4, 0.5) is 0 Å². The van der Waals surface area contributed by atoms with Gasteiger partial charge in [0.15, 0.2) is 11.5 Å². The highest BCUT2D eigenvalue weighted by Crippen LogP contribution is 2.30. The summed E-state index contributed by atoms with van der Waals surface area (Å²) in [5.74, 6) is 1.91. The number of aromatic nitrogens is 2. The van der Waals surface area contributed by atoms with E-state index in [1.807, 2.05) is 67.6 Å². The molecule has 4 aromatic rings. The molecule has 162 valence electrons. The van der Waals surface area contributed by atoms with Gasteiger partial charge in [-0.15, -0.1) is 0 Å². The molecule has 4 rings (SSSR count). The van der Waals surface area contributed by atoms with Crippen molar-refractivity contribution in [1.82, 2.24) is 15.5 Å². The van der Waals surface area contributed by atoms with E-state index >= 15 is 0 Å². The van der Waals surface area contributed by atoms with Crippen LogP contribution in [0.5, 0.6) is 17.4 Å². The van der Waals surface area contributed by atoms with Crippen LogP contribution in [0, 0.1) is 6.92 Å². The van der Waals surface area contributed by atoms with Crippen molar-refractivity contribution < 1.29 is 18.8 Å². The maximum atomic E-state index is 12.8. The second kappa shape index (κ2) is 9.78. The predicted molar refractivity (Wildman–Crippen MR) is 120 cm³/mol. The third kappa shape index (κ3) is 4.78. The van der Waals surface area contributed by atoms with E-state index in [1.165, 1.54) is 0 Å². The quantitative estimate of drug-likeness (QED) is 0.416. The second-order valence-electron chi connectivity index (χ2n) is 7.00. The summed E-state index contributed by atoms with van der Waals surface area (Å²) < 4.78 is 16.7. The minimum absolute atomic E-state index is 0.256. The number of nitrogens with zero attached hydrogens (tertiary/aromatic N) is 2. The zero-order valence-corrected chi connectivity index (χ0v) is 17.9. The molecule has 0 aliphatic rings. The predicted octanol–water partition coefficient (Wildman–Crippen LogP) is 5.17. The summed E-state index contributed by atoms with van der Waals surface area (Å²) in [4.78, 5) is 17.2. The lowest BCUT2D eigenvalue weighted by Crippen LogP contribution is -2.23. The van der Waals surface area contributed by atoms with Crippen LogP contribution < -0.4 is 14.8 Å². The van der Waals surface area contributed by atoms with Crippen LogP contribution in [-0.4, -0.2) is 22.7 Å². The molecule has 2 aromatic carbocycles. The van der Waals surface area contributed by atoms with E-state index in [4.69, 9.17) is 14.0 Å².